The van der Waals surface area contributed by atoms with Crippen molar-refractivity contribution in [2.24, 2.45) is 0 Å². The molecular weight excluding hydrogens is 280 g/mol. The quantitative estimate of drug-likeness (QED) is 0.257. The van der Waals surface area contributed by atoms with E-state index < -0.39 is 12.9 Å². The molecule has 0 aromatic heterocycles. The van der Waals surface area contributed by atoms with Gasteiger partial charge in [0.25, 0.3) is 14.8 Å². The molecule has 2 atom stereocenters. The van der Waals surface area contributed by atoms with Crippen molar-refractivity contribution < 1.29 is 23.4 Å². The molecule has 0 fully saturated rings. The minimum Gasteiger partial charge on any atom is -0.351 e. The van der Waals surface area contributed by atoms with Crippen LogP contribution in [-0.4, -0.2) is 51.2 Å². The number of hydrogen-bond acceptors (Lipinski definition) is 6. The highest BCUT2D eigenvalue weighted by molar-refractivity contribution is 7.60. The maximum absolute atomic E-state index is 13.2. The van der Waals surface area contributed by atoms with Gasteiger partial charge >= 0.3 is 0 Å². The summed E-state index contributed by atoms with van der Waals surface area (Å²) < 4.78 is 29.8. The van der Waals surface area contributed by atoms with Gasteiger partial charge in [0.05, 0.1) is 12.8 Å². The van der Waals surface area contributed by atoms with Crippen LogP contribution in [0.2, 0.25) is 0 Å². The van der Waals surface area contributed by atoms with Crippen LogP contribution in [0.5, 0.6) is 0 Å². The summed E-state index contributed by atoms with van der Waals surface area (Å²) in [7, 11) is -1.94. The third-order valence-electron chi connectivity index (χ3n) is 2.74. The lowest BCUT2D eigenvalue weighted by Crippen LogP contribution is -2.40. The Bertz CT molecular complexity index is 323. The van der Waals surface area contributed by atoms with E-state index in [-0.39, 0.29) is 12.2 Å². The van der Waals surface area contributed by atoms with Crippen molar-refractivity contribution in [1.29, 1.82) is 0 Å². The Labute approximate surface area is 122 Å². The molecule has 0 amide bonds. The molecule has 0 saturated carbocycles. The number of ether oxygens (including phenoxy) is 2. The minimum absolute atomic E-state index is 0.196. The molecule has 0 rings (SSSR count). The van der Waals surface area contributed by atoms with Crippen LogP contribution < -0.4 is 5.23 Å². The molecule has 1 radical (unpaired) electrons. The number of hydrogen-bond donors (Lipinski definition) is 1. The van der Waals surface area contributed by atoms with Crippen LogP contribution in [0.3, 0.4) is 0 Å². The van der Waals surface area contributed by atoms with E-state index in [1.807, 2.05) is 20.8 Å². The van der Waals surface area contributed by atoms with Crippen molar-refractivity contribution in [1.82, 2.24) is 5.23 Å². The lowest BCUT2D eigenvalue weighted by Gasteiger charge is -2.37. The van der Waals surface area contributed by atoms with Crippen molar-refractivity contribution in [3.63, 3.8) is 0 Å². The average Bonchev–Trinajstić information content (AvgIpc) is 2.37. The molecule has 0 aliphatic heterocycles. The number of rotatable bonds is 12. The molecule has 0 aliphatic carbocycles. The Kier molecular flexibility index (Phi) is 9.59. The second-order valence-electron chi connectivity index (χ2n) is 4.41. The second kappa shape index (κ2) is 9.69. The standard InChI is InChI=1S/C12H26BNO5P/c1-6-17-12(5,18-7-2)20(16,19-8-3)9-11(4)14-13-10-15/h10-11,14H,6-9H2,1-5H3/t11-,20?/m1/s1. The van der Waals surface area contributed by atoms with Crippen LogP contribution in [-0.2, 0) is 23.4 Å². The smallest absolute Gasteiger partial charge is 0.290 e. The molecule has 0 saturated heterocycles. The highest BCUT2D eigenvalue weighted by Gasteiger charge is 2.48. The van der Waals surface area contributed by atoms with Gasteiger partial charge in [-0.3, -0.25) is 4.57 Å². The Morgan fingerprint density at radius 3 is 2.20 bits per heavy atom. The molecule has 8 heteroatoms. The average molecular weight is 306 g/mol. The number of nitrogens with one attached hydrogen (secondary N) is 1. The predicted molar refractivity (Wildman–Crippen MR) is 80.9 cm³/mol. The summed E-state index contributed by atoms with van der Waals surface area (Å²) in [5.74, 6) is 0. The van der Waals surface area contributed by atoms with E-state index in [1.54, 1.807) is 13.8 Å². The Morgan fingerprint density at radius 2 is 1.80 bits per heavy atom. The molecule has 0 aliphatic rings. The maximum atomic E-state index is 13.2. The van der Waals surface area contributed by atoms with Gasteiger partial charge in [0.2, 0.25) is 5.53 Å². The minimum atomic E-state index is -3.21. The van der Waals surface area contributed by atoms with Gasteiger partial charge in [-0.25, -0.2) is 0 Å². The summed E-state index contributed by atoms with van der Waals surface area (Å²) in [5.41, 5.74) is -1.27. The first-order chi connectivity index (χ1) is 9.39. The molecule has 20 heavy (non-hydrogen) atoms. The van der Waals surface area contributed by atoms with E-state index in [0.717, 1.165) is 0 Å². The van der Waals surface area contributed by atoms with Crippen LogP contribution in [0.25, 0.3) is 0 Å². The zero-order valence-corrected chi connectivity index (χ0v) is 13.9. The van der Waals surface area contributed by atoms with Gasteiger partial charge in [0.15, 0.2) is 0 Å². The van der Waals surface area contributed by atoms with Gasteiger partial charge in [0, 0.05) is 25.4 Å². The van der Waals surface area contributed by atoms with Gasteiger partial charge in [-0.05, 0) is 27.7 Å². The third-order valence-corrected chi connectivity index (χ3v) is 5.94. The summed E-state index contributed by atoms with van der Waals surface area (Å²) in [6.07, 6.45) is 0.855. The van der Waals surface area contributed by atoms with Crippen molar-refractivity contribution in [3.05, 3.63) is 0 Å². The van der Waals surface area contributed by atoms with Gasteiger partial charge in [-0.1, -0.05) is 6.92 Å². The summed E-state index contributed by atoms with van der Waals surface area (Å²) >= 11 is 0. The van der Waals surface area contributed by atoms with Crippen molar-refractivity contribution in [3.8, 4) is 0 Å². The van der Waals surface area contributed by atoms with Gasteiger partial charge in [-0.15, -0.1) is 0 Å². The van der Waals surface area contributed by atoms with Crippen molar-refractivity contribution >= 4 is 21.0 Å². The van der Waals surface area contributed by atoms with Crippen LogP contribution in [0.1, 0.15) is 34.6 Å². The molecule has 0 spiro atoms. The lowest BCUT2D eigenvalue weighted by molar-refractivity contribution is -0.168. The molecule has 0 bridgehead atoms. The van der Waals surface area contributed by atoms with Crippen molar-refractivity contribution in [2.75, 3.05) is 26.0 Å². The van der Waals surface area contributed by atoms with Crippen LogP contribution >= 0.6 is 7.37 Å². The summed E-state index contributed by atoms with van der Waals surface area (Å²) in [6.45, 7) is 9.92. The molecule has 6 nitrogen and oxygen atoms in total. The van der Waals surface area contributed by atoms with Gasteiger partial charge in [0.1, 0.15) is 0 Å². The van der Waals surface area contributed by atoms with E-state index in [4.69, 9.17) is 14.0 Å². The zero-order valence-electron chi connectivity index (χ0n) is 13.0. The Morgan fingerprint density at radius 1 is 1.25 bits per heavy atom. The number of carbonyl (C=O) groups is 1. The zero-order chi connectivity index (χ0) is 15.6. The lowest BCUT2D eigenvalue weighted by atomic mass is 9.98. The first-order valence-electron chi connectivity index (χ1n) is 6.93. The monoisotopic (exact) mass is 306 g/mol. The Balaban J connectivity index is 5.11. The van der Waals surface area contributed by atoms with Crippen LogP contribution in [0, 0.1) is 0 Å². The van der Waals surface area contributed by atoms with E-state index in [0.29, 0.717) is 26.0 Å². The maximum Gasteiger partial charge on any atom is 0.290 e. The molecular formula is C12H26BNO5P. The highest BCUT2D eigenvalue weighted by Crippen LogP contribution is 2.60. The van der Waals surface area contributed by atoms with Gasteiger partial charge in [-0.2, -0.15) is 0 Å². The fraction of sp³-hybridized carbons (Fsp3) is 0.917. The largest absolute Gasteiger partial charge is 0.351 e. The first-order valence-corrected chi connectivity index (χ1v) is 8.74. The molecule has 1 N–H and O–H groups in total. The fourth-order valence-electron chi connectivity index (χ4n) is 1.94. The Hall–Kier alpha value is -0.195. The van der Waals surface area contributed by atoms with E-state index in [2.05, 4.69) is 5.23 Å². The summed E-state index contributed by atoms with van der Waals surface area (Å²) in [5, 5.41) is 2.85. The predicted octanol–water partition coefficient (Wildman–Crippen LogP) is 1.84. The summed E-state index contributed by atoms with van der Waals surface area (Å²) in [4.78, 5) is 10.3. The second-order valence-corrected chi connectivity index (χ2v) is 7.19. The van der Waals surface area contributed by atoms with E-state index in [1.165, 1.54) is 7.41 Å². The SMILES string of the molecule is CCOC(C)(OCC)P(=O)(C[C@@H](C)N[B]C=O)OCC. The van der Waals surface area contributed by atoms with E-state index in [9.17, 15) is 9.36 Å². The van der Waals surface area contributed by atoms with Crippen LogP contribution in [0.15, 0.2) is 0 Å². The highest BCUT2D eigenvalue weighted by atomic mass is 31.2. The summed E-state index contributed by atoms with van der Waals surface area (Å²) in [6, 6.07) is -0.196. The molecule has 0 aromatic carbocycles. The number of carbonyl (C=O) groups excluding carboxylic acids is 1. The molecule has 0 heterocycles. The molecule has 117 valence electrons. The van der Waals surface area contributed by atoms with Crippen molar-refractivity contribution in [2.45, 2.75) is 46.2 Å². The topological polar surface area (TPSA) is 73.9 Å². The molecule has 1 unspecified atom stereocenters. The normalized spacial score (nSPS) is 16.4. The first kappa shape index (κ1) is 19.8. The van der Waals surface area contributed by atoms with Gasteiger partial charge < -0.3 is 24.0 Å². The molecule has 0 aromatic rings. The van der Waals surface area contributed by atoms with E-state index >= 15 is 0 Å². The third kappa shape index (κ3) is 5.66. The van der Waals surface area contributed by atoms with Crippen LogP contribution in [0.4, 0.5) is 0 Å². The fourth-order valence-corrected chi connectivity index (χ4v) is 4.50.